The Morgan fingerprint density at radius 3 is 3.00 bits per heavy atom. The molecule has 0 radical (unpaired) electrons. The first-order valence-corrected chi connectivity index (χ1v) is 3.74. The molecule has 0 unspecified atom stereocenters. The maximum atomic E-state index is 10.4. The van der Waals surface area contributed by atoms with E-state index in [0.717, 1.165) is 22.8 Å². The number of hydrogen-bond donors (Lipinski definition) is 0. The van der Waals surface area contributed by atoms with E-state index in [1.165, 1.54) is 0 Å². The van der Waals surface area contributed by atoms with Crippen molar-refractivity contribution in [2.45, 2.75) is 6.92 Å². The fraction of sp³-hybridized carbons (Fsp3) is 0.100. The van der Waals surface area contributed by atoms with Crippen molar-refractivity contribution in [3.05, 3.63) is 35.6 Å². The normalized spacial score (nSPS) is 10.4. The minimum atomic E-state index is 0.650. The van der Waals surface area contributed by atoms with E-state index in [0.29, 0.717) is 5.56 Å². The Kier molecular flexibility index (Phi) is 1.47. The summed E-state index contributed by atoms with van der Waals surface area (Å²) in [6, 6.07) is 5.44. The van der Waals surface area contributed by atoms with Gasteiger partial charge in [-0.05, 0) is 18.6 Å². The molecule has 1 aromatic heterocycles. The molecule has 0 saturated carbocycles. The maximum Gasteiger partial charge on any atom is 0.150 e. The summed E-state index contributed by atoms with van der Waals surface area (Å²) in [4.78, 5) is 10.4. The van der Waals surface area contributed by atoms with Crippen molar-refractivity contribution in [1.82, 2.24) is 0 Å². The van der Waals surface area contributed by atoms with Gasteiger partial charge in [-0.3, -0.25) is 4.79 Å². The van der Waals surface area contributed by atoms with Gasteiger partial charge in [0, 0.05) is 10.9 Å². The Morgan fingerprint density at radius 2 is 2.25 bits per heavy atom. The first-order valence-electron chi connectivity index (χ1n) is 3.74. The highest BCUT2D eigenvalue weighted by molar-refractivity contribution is 5.87. The predicted octanol–water partition coefficient (Wildman–Crippen LogP) is 2.55. The first-order chi connectivity index (χ1) is 5.81. The van der Waals surface area contributed by atoms with E-state index in [1.807, 2.05) is 13.0 Å². The molecule has 0 atom stereocenters. The molecule has 0 spiro atoms. The van der Waals surface area contributed by atoms with Gasteiger partial charge in [0.25, 0.3) is 0 Å². The van der Waals surface area contributed by atoms with Crippen LogP contribution in [0.1, 0.15) is 15.9 Å². The predicted molar refractivity (Wildman–Crippen MR) is 46.3 cm³/mol. The highest BCUT2D eigenvalue weighted by atomic mass is 16.3. The van der Waals surface area contributed by atoms with E-state index >= 15 is 0 Å². The van der Waals surface area contributed by atoms with Crippen molar-refractivity contribution in [3.63, 3.8) is 0 Å². The molecule has 2 heteroatoms. The van der Waals surface area contributed by atoms with Gasteiger partial charge in [-0.1, -0.05) is 12.1 Å². The van der Waals surface area contributed by atoms with Crippen LogP contribution in [0.2, 0.25) is 0 Å². The average Bonchev–Trinajstić information content (AvgIpc) is 2.47. The molecule has 2 nitrogen and oxygen atoms in total. The van der Waals surface area contributed by atoms with Crippen LogP contribution in [0.25, 0.3) is 11.0 Å². The number of carbonyl (C=O) groups excluding carboxylic acids is 1. The summed E-state index contributed by atoms with van der Waals surface area (Å²) in [5, 5.41) is 1.07. The lowest BCUT2D eigenvalue weighted by Gasteiger charge is -1.90. The second-order valence-corrected chi connectivity index (χ2v) is 2.79. The Labute approximate surface area is 69.8 Å². The molecule has 1 aromatic carbocycles. The number of rotatable bonds is 1. The van der Waals surface area contributed by atoms with E-state index in [-0.39, 0.29) is 0 Å². The van der Waals surface area contributed by atoms with E-state index < -0.39 is 0 Å². The highest BCUT2D eigenvalue weighted by Gasteiger charge is 2.01. The van der Waals surface area contributed by atoms with E-state index in [2.05, 4.69) is 0 Å². The third kappa shape index (κ3) is 0.925. The monoisotopic (exact) mass is 160 g/mol. The number of hydrogen-bond acceptors (Lipinski definition) is 2. The molecule has 2 rings (SSSR count). The number of aldehydes is 1. The van der Waals surface area contributed by atoms with Crippen LogP contribution < -0.4 is 0 Å². The minimum absolute atomic E-state index is 0.650. The molecular weight excluding hydrogens is 152 g/mol. The van der Waals surface area contributed by atoms with Crippen LogP contribution in [-0.2, 0) is 0 Å². The van der Waals surface area contributed by atoms with Crippen LogP contribution in [-0.4, -0.2) is 6.29 Å². The number of benzene rings is 1. The first kappa shape index (κ1) is 7.10. The van der Waals surface area contributed by atoms with Gasteiger partial charge in [-0.2, -0.15) is 0 Å². The van der Waals surface area contributed by atoms with Crippen LogP contribution in [0.5, 0.6) is 0 Å². The topological polar surface area (TPSA) is 30.2 Å². The zero-order chi connectivity index (χ0) is 8.55. The molecular formula is C10H8O2. The van der Waals surface area contributed by atoms with Crippen molar-refractivity contribution in [3.8, 4) is 0 Å². The molecule has 1 heterocycles. The summed E-state index contributed by atoms with van der Waals surface area (Å²) in [5.74, 6) is 0. The van der Waals surface area contributed by atoms with Gasteiger partial charge in [0.05, 0.1) is 6.26 Å². The highest BCUT2D eigenvalue weighted by Crippen LogP contribution is 2.20. The molecule has 2 aromatic rings. The second-order valence-electron chi connectivity index (χ2n) is 2.79. The molecule has 12 heavy (non-hydrogen) atoms. The summed E-state index contributed by atoms with van der Waals surface area (Å²) in [7, 11) is 0. The lowest BCUT2D eigenvalue weighted by atomic mass is 10.1. The molecule has 0 N–H and O–H groups in total. The Bertz CT molecular complexity index is 426. The van der Waals surface area contributed by atoms with Crippen LogP contribution in [0.4, 0.5) is 0 Å². The van der Waals surface area contributed by atoms with Crippen LogP contribution in [0.3, 0.4) is 0 Å². The quantitative estimate of drug-likeness (QED) is 0.600. The molecule has 0 amide bonds. The molecule has 0 fully saturated rings. The number of aryl methyl sites for hydroxylation is 1. The smallest absolute Gasteiger partial charge is 0.150 e. The Hall–Kier alpha value is -1.57. The zero-order valence-electron chi connectivity index (χ0n) is 6.70. The van der Waals surface area contributed by atoms with Gasteiger partial charge in [0.15, 0.2) is 0 Å². The Morgan fingerprint density at radius 1 is 1.42 bits per heavy atom. The van der Waals surface area contributed by atoms with Crippen LogP contribution in [0.15, 0.2) is 28.9 Å². The fourth-order valence-electron chi connectivity index (χ4n) is 1.25. The van der Waals surface area contributed by atoms with E-state index in [9.17, 15) is 4.79 Å². The molecule has 0 aliphatic heterocycles. The zero-order valence-corrected chi connectivity index (χ0v) is 6.70. The molecule has 0 saturated heterocycles. The second kappa shape index (κ2) is 2.48. The molecule has 0 aliphatic rings. The Balaban J connectivity index is 2.77. The average molecular weight is 160 g/mol. The number of fused-ring (bicyclic) bond motifs is 1. The lowest BCUT2D eigenvalue weighted by Crippen LogP contribution is -1.77. The third-order valence-electron chi connectivity index (χ3n) is 1.93. The number of furan rings is 1. The standard InChI is InChI=1S/C10H8O2/c1-7-6-12-10-4-8(5-11)2-3-9(7)10/h2-6H,1H3. The fourth-order valence-corrected chi connectivity index (χ4v) is 1.25. The van der Waals surface area contributed by atoms with Crippen molar-refractivity contribution in [2.24, 2.45) is 0 Å². The minimum Gasteiger partial charge on any atom is -0.464 e. The molecule has 60 valence electrons. The van der Waals surface area contributed by atoms with E-state index in [4.69, 9.17) is 4.42 Å². The van der Waals surface area contributed by atoms with Gasteiger partial charge in [0.1, 0.15) is 11.9 Å². The van der Waals surface area contributed by atoms with Crippen LogP contribution >= 0.6 is 0 Å². The summed E-state index contributed by atoms with van der Waals surface area (Å²) < 4.78 is 5.23. The SMILES string of the molecule is Cc1coc2cc(C=O)ccc12. The summed E-state index contributed by atoms with van der Waals surface area (Å²) in [6.45, 7) is 1.98. The summed E-state index contributed by atoms with van der Waals surface area (Å²) in [6.07, 6.45) is 2.51. The largest absolute Gasteiger partial charge is 0.464 e. The van der Waals surface area contributed by atoms with Crippen molar-refractivity contribution >= 4 is 17.3 Å². The third-order valence-corrected chi connectivity index (χ3v) is 1.93. The van der Waals surface area contributed by atoms with Crippen molar-refractivity contribution in [1.29, 1.82) is 0 Å². The van der Waals surface area contributed by atoms with E-state index in [1.54, 1.807) is 18.4 Å². The summed E-state index contributed by atoms with van der Waals surface area (Å²) in [5.41, 5.74) is 2.52. The molecule has 0 bridgehead atoms. The molecule has 0 aliphatic carbocycles. The van der Waals surface area contributed by atoms with Gasteiger partial charge >= 0.3 is 0 Å². The van der Waals surface area contributed by atoms with Gasteiger partial charge in [-0.25, -0.2) is 0 Å². The summed E-state index contributed by atoms with van der Waals surface area (Å²) >= 11 is 0. The van der Waals surface area contributed by atoms with Crippen LogP contribution in [0, 0.1) is 6.92 Å². The van der Waals surface area contributed by atoms with Gasteiger partial charge < -0.3 is 4.42 Å². The van der Waals surface area contributed by atoms with Crippen molar-refractivity contribution < 1.29 is 9.21 Å². The van der Waals surface area contributed by atoms with Gasteiger partial charge in [0.2, 0.25) is 0 Å². The van der Waals surface area contributed by atoms with Crippen molar-refractivity contribution in [2.75, 3.05) is 0 Å². The van der Waals surface area contributed by atoms with Gasteiger partial charge in [-0.15, -0.1) is 0 Å². The number of carbonyl (C=O) groups is 1. The lowest BCUT2D eigenvalue weighted by molar-refractivity contribution is 0.112. The maximum absolute atomic E-state index is 10.4.